The molecule has 1 aromatic heterocycles. The second-order valence-electron chi connectivity index (χ2n) is 6.05. The van der Waals surface area contributed by atoms with Crippen molar-refractivity contribution in [1.29, 1.82) is 0 Å². The van der Waals surface area contributed by atoms with Crippen LogP contribution in [-0.2, 0) is 24.9 Å². The molecule has 1 aromatic carbocycles. The zero-order valence-electron chi connectivity index (χ0n) is 15.3. The molecule has 146 valence electrons. The normalized spacial score (nSPS) is 11.5. The Morgan fingerprint density at radius 2 is 2.04 bits per heavy atom. The van der Waals surface area contributed by atoms with Crippen LogP contribution in [0.25, 0.3) is 0 Å². The number of carbonyl (C=O) groups excluding carboxylic acids is 1. The Morgan fingerprint density at radius 1 is 1.35 bits per heavy atom. The number of benzene rings is 1. The summed E-state index contributed by atoms with van der Waals surface area (Å²) in [5.74, 6) is -0.383. The minimum atomic E-state index is -0.472. The number of aryl methyl sites for hydroxylation is 1. The molecule has 9 heteroatoms. The van der Waals surface area contributed by atoms with Crippen LogP contribution in [0.5, 0.6) is 0 Å². The number of nitrogens with one attached hydrogen (secondary N) is 2. The molecule has 1 unspecified atom stereocenters. The predicted molar refractivity (Wildman–Crippen MR) is 105 cm³/mol. The second kappa shape index (κ2) is 11.1. The van der Waals surface area contributed by atoms with Crippen molar-refractivity contribution in [1.82, 2.24) is 25.3 Å². The summed E-state index contributed by atoms with van der Waals surface area (Å²) in [7, 11) is 7.31. The summed E-state index contributed by atoms with van der Waals surface area (Å²) in [5, 5.41) is 9.95. The molecule has 2 rings (SSSR count). The van der Waals surface area contributed by atoms with Crippen LogP contribution < -0.4 is 10.6 Å². The fourth-order valence-electron chi connectivity index (χ4n) is 2.53. The molecule has 1 heterocycles. The Bertz CT molecular complexity index is 708. The lowest BCUT2D eigenvalue weighted by molar-refractivity contribution is -0.123. The summed E-state index contributed by atoms with van der Waals surface area (Å²) in [6, 6.07) is 4.44. The third-order valence-electron chi connectivity index (χ3n) is 3.67. The minimum Gasteiger partial charge on any atom is -0.350 e. The molecule has 2 N–H and O–H groups in total. The summed E-state index contributed by atoms with van der Waals surface area (Å²) in [6.45, 7) is 0.862. The molecule has 0 radical (unpaired) electrons. The lowest BCUT2D eigenvalue weighted by atomic mass is 10.1. The topological polar surface area (TPSA) is 62.2 Å². The van der Waals surface area contributed by atoms with Gasteiger partial charge in [-0.05, 0) is 38.8 Å². The molecule has 6 nitrogen and oxygen atoms in total. The number of rotatable bonds is 7. The number of hydrogen-bond acceptors (Lipinski definition) is 4. The van der Waals surface area contributed by atoms with Gasteiger partial charge in [0, 0.05) is 37.5 Å². The molecule has 0 spiro atoms. The summed E-state index contributed by atoms with van der Waals surface area (Å²) in [5.41, 5.74) is 2.27. The first kappa shape index (κ1) is 24.3. The third kappa shape index (κ3) is 6.57. The monoisotopic (exact) mass is 405 g/mol. The van der Waals surface area contributed by atoms with E-state index in [2.05, 4.69) is 15.7 Å². The zero-order valence-corrected chi connectivity index (χ0v) is 17.0. The van der Waals surface area contributed by atoms with Crippen molar-refractivity contribution in [3.05, 3.63) is 53.1 Å². The largest absolute Gasteiger partial charge is 0.350 e. The lowest BCUT2D eigenvalue weighted by Crippen LogP contribution is -2.35. The van der Waals surface area contributed by atoms with Gasteiger partial charge in [0.2, 0.25) is 5.91 Å². The van der Waals surface area contributed by atoms with Crippen molar-refractivity contribution in [3.63, 3.8) is 0 Å². The van der Waals surface area contributed by atoms with E-state index in [1.165, 1.54) is 6.07 Å². The van der Waals surface area contributed by atoms with Gasteiger partial charge >= 0.3 is 0 Å². The Kier molecular flexibility index (Phi) is 10.4. The molecule has 1 atom stereocenters. The van der Waals surface area contributed by atoms with Crippen LogP contribution in [0, 0.1) is 5.82 Å². The first-order valence-corrected chi connectivity index (χ1v) is 7.76. The molecule has 0 aliphatic heterocycles. The third-order valence-corrected chi connectivity index (χ3v) is 3.67. The number of hydrogen-bond donors (Lipinski definition) is 2. The van der Waals surface area contributed by atoms with Gasteiger partial charge in [0.25, 0.3) is 0 Å². The lowest BCUT2D eigenvalue weighted by Gasteiger charge is -2.15. The number of halogens is 3. The Labute approximate surface area is 166 Å². The Hall–Kier alpha value is -1.67. The SMILES string of the molecule is CNC(C(=O)NCc1ccc(F)c(CN(C)C)c1)c1cnn(C)c1.Cl.Cl. The predicted octanol–water partition coefficient (Wildman–Crippen LogP) is 2.04. The average molecular weight is 406 g/mol. The molecule has 26 heavy (non-hydrogen) atoms. The van der Waals surface area contributed by atoms with Gasteiger partial charge in [-0.25, -0.2) is 4.39 Å². The molecule has 0 fully saturated rings. The quantitative estimate of drug-likeness (QED) is 0.739. The van der Waals surface area contributed by atoms with Gasteiger partial charge in [-0.2, -0.15) is 5.10 Å². The number of carbonyl (C=O) groups is 1. The van der Waals surface area contributed by atoms with Crippen LogP contribution in [0.15, 0.2) is 30.6 Å². The van der Waals surface area contributed by atoms with E-state index in [-0.39, 0.29) is 36.5 Å². The van der Waals surface area contributed by atoms with E-state index in [1.807, 2.05) is 19.0 Å². The van der Waals surface area contributed by atoms with Crippen LogP contribution in [0.4, 0.5) is 4.39 Å². The molecule has 2 aromatic rings. The van der Waals surface area contributed by atoms with Crippen LogP contribution in [0.3, 0.4) is 0 Å². The van der Waals surface area contributed by atoms with E-state index in [0.717, 1.165) is 11.1 Å². The molecular weight excluding hydrogens is 380 g/mol. The van der Waals surface area contributed by atoms with Crippen molar-refractivity contribution in [2.45, 2.75) is 19.1 Å². The number of nitrogens with zero attached hydrogens (tertiary/aromatic N) is 3. The maximum Gasteiger partial charge on any atom is 0.242 e. The highest BCUT2D eigenvalue weighted by Crippen LogP contribution is 2.14. The van der Waals surface area contributed by atoms with Crippen molar-refractivity contribution in [2.24, 2.45) is 7.05 Å². The van der Waals surface area contributed by atoms with E-state index in [0.29, 0.717) is 18.7 Å². The zero-order chi connectivity index (χ0) is 17.7. The van der Waals surface area contributed by atoms with Crippen molar-refractivity contribution in [3.8, 4) is 0 Å². The average Bonchev–Trinajstić information content (AvgIpc) is 2.94. The highest BCUT2D eigenvalue weighted by atomic mass is 35.5. The van der Waals surface area contributed by atoms with Gasteiger partial charge < -0.3 is 15.5 Å². The number of likely N-dealkylation sites (N-methyl/N-ethyl adjacent to an activating group) is 1. The number of amides is 1. The van der Waals surface area contributed by atoms with E-state index >= 15 is 0 Å². The Balaban J connectivity index is 0.00000312. The Morgan fingerprint density at radius 3 is 2.58 bits per heavy atom. The smallest absolute Gasteiger partial charge is 0.242 e. The van der Waals surface area contributed by atoms with E-state index in [9.17, 15) is 9.18 Å². The maximum atomic E-state index is 13.8. The van der Waals surface area contributed by atoms with Gasteiger partial charge in [-0.1, -0.05) is 6.07 Å². The summed E-state index contributed by atoms with van der Waals surface area (Å²) in [4.78, 5) is 14.3. The van der Waals surface area contributed by atoms with Gasteiger partial charge in [0.1, 0.15) is 11.9 Å². The van der Waals surface area contributed by atoms with E-state index in [4.69, 9.17) is 0 Å². The van der Waals surface area contributed by atoms with Gasteiger partial charge in [-0.15, -0.1) is 24.8 Å². The van der Waals surface area contributed by atoms with Crippen molar-refractivity contribution < 1.29 is 9.18 Å². The standard InChI is InChI=1S/C17H24FN5O.2ClH/c1-19-16(14-9-21-23(4)11-14)17(24)20-8-12-5-6-15(18)13(7-12)10-22(2)3;;/h5-7,9,11,16,19H,8,10H2,1-4H3,(H,20,24);2*1H. The fraction of sp³-hybridized carbons (Fsp3) is 0.412. The molecule has 1 amide bonds. The fourth-order valence-corrected chi connectivity index (χ4v) is 2.53. The molecule has 0 aliphatic carbocycles. The maximum absolute atomic E-state index is 13.8. The molecule has 0 aliphatic rings. The van der Waals surface area contributed by atoms with E-state index in [1.54, 1.807) is 43.3 Å². The van der Waals surface area contributed by atoms with Crippen molar-refractivity contribution >= 4 is 30.7 Å². The molecular formula is C17H26Cl2FN5O. The summed E-state index contributed by atoms with van der Waals surface area (Å²) >= 11 is 0. The van der Waals surface area contributed by atoms with Crippen LogP contribution >= 0.6 is 24.8 Å². The van der Waals surface area contributed by atoms with Gasteiger partial charge in [-0.3, -0.25) is 9.48 Å². The first-order chi connectivity index (χ1) is 11.4. The van der Waals surface area contributed by atoms with Crippen LogP contribution in [0.1, 0.15) is 22.7 Å². The summed E-state index contributed by atoms with van der Waals surface area (Å²) in [6.07, 6.45) is 3.46. The minimum absolute atomic E-state index is 0. The number of aromatic nitrogens is 2. The highest BCUT2D eigenvalue weighted by Gasteiger charge is 2.19. The summed E-state index contributed by atoms with van der Waals surface area (Å²) < 4.78 is 15.5. The second-order valence-corrected chi connectivity index (χ2v) is 6.05. The molecule has 0 saturated carbocycles. The van der Waals surface area contributed by atoms with Gasteiger partial charge in [0.05, 0.1) is 6.20 Å². The molecule has 0 saturated heterocycles. The van der Waals surface area contributed by atoms with Crippen molar-refractivity contribution in [2.75, 3.05) is 21.1 Å². The van der Waals surface area contributed by atoms with Crippen LogP contribution in [-0.4, -0.2) is 41.7 Å². The van der Waals surface area contributed by atoms with Gasteiger partial charge in [0.15, 0.2) is 0 Å². The van der Waals surface area contributed by atoms with E-state index < -0.39 is 6.04 Å². The molecule has 0 bridgehead atoms. The first-order valence-electron chi connectivity index (χ1n) is 7.76. The highest BCUT2D eigenvalue weighted by molar-refractivity contribution is 5.85. The van der Waals surface area contributed by atoms with Crippen LogP contribution in [0.2, 0.25) is 0 Å².